The number of hydrogen-bond acceptors (Lipinski definition) is 3. The average Bonchev–Trinajstić information content (AvgIpc) is 3.42. The number of unbranched alkanes of at least 4 members (excludes halogenated alkanes) is 1. The molecule has 1 saturated heterocycles. The van der Waals surface area contributed by atoms with Crippen molar-refractivity contribution in [1.29, 1.82) is 0 Å². The van der Waals surface area contributed by atoms with Gasteiger partial charge >= 0.3 is 0 Å². The highest BCUT2D eigenvalue weighted by Gasteiger charge is 2.57. The highest BCUT2D eigenvalue weighted by molar-refractivity contribution is 7.12. The Balaban J connectivity index is 1.75. The summed E-state index contributed by atoms with van der Waals surface area (Å²) in [6.45, 7) is 4.86. The quantitative estimate of drug-likeness (QED) is 0.551. The van der Waals surface area contributed by atoms with Crippen LogP contribution < -0.4 is 0 Å². The number of rotatable bonds is 5. The number of benzene rings is 1. The van der Waals surface area contributed by atoms with E-state index in [-0.39, 0.29) is 23.5 Å². The van der Waals surface area contributed by atoms with Gasteiger partial charge in [-0.25, -0.2) is 0 Å². The summed E-state index contributed by atoms with van der Waals surface area (Å²) >= 11 is 1.51. The van der Waals surface area contributed by atoms with Gasteiger partial charge < -0.3 is 9.88 Å². The van der Waals surface area contributed by atoms with Gasteiger partial charge in [-0.3, -0.25) is 9.59 Å². The van der Waals surface area contributed by atoms with Gasteiger partial charge in [0, 0.05) is 29.1 Å². The lowest BCUT2D eigenvalue weighted by Gasteiger charge is -2.55. The van der Waals surface area contributed by atoms with Gasteiger partial charge in [-0.2, -0.15) is 0 Å². The van der Waals surface area contributed by atoms with Crippen molar-refractivity contribution in [3.05, 3.63) is 57.9 Å². The molecule has 1 amide bonds. The summed E-state index contributed by atoms with van der Waals surface area (Å²) in [6.07, 6.45) is 4.30. The summed E-state index contributed by atoms with van der Waals surface area (Å²) in [7, 11) is 0. The number of Topliss-reactive ketones (excluding diaryl/α,β-unsaturated/α-hetero) is 1. The molecule has 0 bridgehead atoms. The molecule has 5 heteroatoms. The summed E-state index contributed by atoms with van der Waals surface area (Å²) in [5.41, 5.74) is 2.93. The molecule has 3 aromatic rings. The second kappa shape index (κ2) is 7.38. The Morgan fingerprint density at radius 1 is 1.27 bits per heavy atom. The van der Waals surface area contributed by atoms with Crippen LogP contribution in [0.4, 0.5) is 0 Å². The number of ketones is 1. The number of nitrogens with zero attached hydrogens (tertiary/aromatic N) is 1. The van der Waals surface area contributed by atoms with Crippen molar-refractivity contribution in [2.24, 2.45) is 11.8 Å². The summed E-state index contributed by atoms with van der Waals surface area (Å²) in [5.74, 6) is 0.0460. The minimum absolute atomic E-state index is 0.125. The molecule has 0 spiro atoms. The molecule has 0 saturated carbocycles. The van der Waals surface area contributed by atoms with E-state index in [4.69, 9.17) is 0 Å². The van der Waals surface area contributed by atoms with Crippen molar-refractivity contribution in [1.82, 2.24) is 9.88 Å². The van der Waals surface area contributed by atoms with Crippen LogP contribution in [-0.2, 0) is 16.8 Å². The number of aromatic amines is 1. The maximum Gasteiger partial charge on any atom is 0.226 e. The molecular weight excluding hydrogens is 392 g/mol. The summed E-state index contributed by atoms with van der Waals surface area (Å²) < 4.78 is 0. The third-order valence-electron chi connectivity index (χ3n) is 7.16. The summed E-state index contributed by atoms with van der Waals surface area (Å²) in [6, 6.07) is 12.3. The molecule has 1 N–H and O–H groups in total. The molecule has 1 fully saturated rings. The van der Waals surface area contributed by atoms with Gasteiger partial charge in [0.1, 0.15) is 0 Å². The number of hydrogen-bond donors (Lipinski definition) is 1. The zero-order chi connectivity index (χ0) is 20.9. The molecular formula is C25H28N2O2S. The van der Waals surface area contributed by atoms with Crippen molar-refractivity contribution in [3.63, 3.8) is 0 Å². The Morgan fingerprint density at radius 3 is 2.87 bits per heavy atom. The molecule has 0 radical (unpaired) electrons. The third-order valence-corrected chi connectivity index (χ3v) is 8.04. The Kier molecular flexibility index (Phi) is 4.81. The fourth-order valence-electron chi connectivity index (χ4n) is 5.77. The summed E-state index contributed by atoms with van der Waals surface area (Å²) in [4.78, 5) is 33.8. The van der Waals surface area contributed by atoms with Gasteiger partial charge in [0.05, 0.1) is 16.3 Å². The first kappa shape index (κ1) is 19.6. The molecule has 2 aliphatic heterocycles. The normalized spacial score (nSPS) is 25.9. The first-order valence-corrected chi connectivity index (χ1v) is 11.9. The van der Waals surface area contributed by atoms with Crippen LogP contribution in [-0.4, -0.2) is 28.1 Å². The van der Waals surface area contributed by atoms with Gasteiger partial charge in [-0.05, 0) is 42.3 Å². The van der Waals surface area contributed by atoms with E-state index in [1.807, 2.05) is 30.5 Å². The summed E-state index contributed by atoms with van der Waals surface area (Å²) in [5, 5.41) is 3.20. The lowest BCUT2D eigenvalue weighted by atomic mass is 9.64. The lowest BCUT2D eigenvalue weighted by Crippen LogP contribution is -2.63. The minimum Gasteiger partial charge on any atom is -0.356 e. The minimum atomic E-state index is -0.576. The second-order valence-electron chi connectivity index (χ2n) is 8.82. The Bertz CT molecular complexity index is 1100. The molecule has 2 aliphatic rings. The largest absolute Gasteiger partial charge is 0.356 e. The monoisotopic (exact) mass is 420 g/mol. The number of para-hydroxylation sites is 1. The van der Waals surface area contributed by atoms with Gasteiger partial charge in [-0.1, -0.05) is 51.0 Å². The number of H-pyrrole nitrogens is 1. The fourth-order valence-corrected chi connectivity index (χ4v) is 6.49. The number of carbonyl (C=O) groups excluding carboxylic acids is 2. The van der Waals surface area contributed by atoms with E-state index in [9.17, 15) is 9.59 Å². The maximum absolute atomic E-state index is 13.8. The van der Waals surface area contributed by atoms with Crippen molar-refractivity contribution in [2.45, 2.75) is 51.5 Å². The predicted molar refractivity (Wildman–Crippen MR) is 121 cm³/mol. The highest BCUT2D eigenvalue weighted by atomic mass is 32.1. The third kappa shape index (κ3) is 2.71. The van der Waals surface area contributed by atoms with Crippen LogP contribution in [0.5, 0.6) is 0 Å². The zero-order valence-corrected chi connectivity index (χ0v) is 18.4. The fraction of sp³-hybridized carbons (Fsp3) is 0.440. The SMILES string of the molecule is CCCC[C@]12c3[nH]c4ccccc4c3CCN1C(=O)[C@@H](C)C[C@H]2C(=O)c1cccs1. The van der Waals surface area contributed by atoms with E-state index >= 15 is 0 Å². The van der Waals surface area contributed by atoms with E-state index in [0.717, 1.165) is 41.8 Å². The molecule has 3 atom stereocenters. The van der Waals surface area contributed by atoms with Crippen molar-refractivity contribution in [2.75, 3.05) is 6.54 Å². The van der Waals surface area contributed by atoms with E-state index in [2.05, 4.69) is 35.0 Å². The Hall–Kier alpha value is -2.40. The Labute approximate surface area is 181 Å². The average molecular weight is 421 g/mol. The number of carbonyl (C=O) groups is 2. The van der Waals surface area contributed by atoms with E-state index in [1.165, 1.54) is 22.3 Å². The van der Waals surface area contributed by atoms with Gasteiger partial charge in [0.15, 0.2) is 5.78 Å². The molecule has 0 unspecified atom stereocenters. The second-order valence-corrected chi connectivity index (χ2v) is 9.77. The van der Waals surface area contributed by atoms with Crippen molar-refractivity contribution >= 4 is 33.9 Å². The number of thiophene rings is 1. The van der Waals surface area contributed by atoms with Crippen molar-refractivity contribution < 1.29 is 9.59 Å². The molecule has 156 valence electrons. The number of nitrogens with one attached hydrogen (secondary N) is 1. The first-order valence-electron chi connectivity index (χ1n) is 11.1. The van der Waals surface area contributed by atoms with Gasteiger partial charge in [0.25, 0.3) is 0 Å². The first-order chi connectivity index (χ1) is 14.6. The molecule has 30 heavy (non-hydrogen) atoms. The number of piperidine rings is 1. The molecule has 0 aliphatic carbocycles. The highest BCUT2D eigenvalue weighted by Crippen LogP contribution is 2.52. The van der Waals surface area contributed by atoms with Crippen LogP contribution in [0.3, 0.4) is 0 Å². The van der Waals surface area contributed by atoms with Crippen LogP contribution in [0.25, 0.3) is 10.9 Å². The molecule has 4 heterocycles. The van der Waals surface area contributed by atoms with Crippen LogP contribution in [0.15, 0.2) is 41.8 Å². The van der Waals surface area contributed by atoms with E-state index in [0.29, 0.717) is 13.0 Å². The predicted octanol–water partition coefficient (Wildman–Crippen LogP) is 5.54. The lowest BCUT2D eigenvalue weighted by molar-refractivity contribution is -0.154. The van der Waals surface area contributed by atoms with Crippen molar-refractivity contribution in [3.8, 4) is 0 Å². The van der Waals surface area contributed by atoms with Crippen LogP contribution in [0.1, 0.15) is 60.5 Å². The van der Waals surface area contributed by atoms with E-state index < -0.39 is 5.54 Å². The molecule has 2 aromatic heterocycles. The standard InChI is InChI=1S/C25H28N2O2S/c1-3-4-12-25-19(22(28)21-10-7-14-30-21)15-16(2)24(29)27(25)13-11-18-17-8-5-6-9-20(17)26-23(18)25/h5-10,14,16,19,26H,3-4,11-13,15H2,1-2H3/t16-,19-,25-/m0/s1. The van der Waals surface area contributed by atoms with Gasteiger partial charge in [0.2, 0.25) is 5.91 Å². The maximum atomic E-state index is 13.8. The topological polar surface area (TPSA) is 53.2 Å². The van der Waals surface area contributed by atoms with Gasteiger partial charge in [-0.15, -0.1) is 11.3 Å². The van der Waals surface area contributed by atoms with Crippen LogP contribution >= 0.6 is 11.3 Å². The van der Waals surface area contributed by atoms with Crippen LogP contribution in [0.2, 0.25) is 0 Å². The molecule has 4 nitrogen and oxygen atoms in total. The number of fused-ring (bicyclic) bond motifs is 5. The van der Waals surface area contributed by atoms with Crippen LogP contribution in [0, 0.1) is 11.8 Å². The number of amides is 1. The Morgan fingerprint density at radius 2 is 2.10 bits per heavy atom. The molecule has 5 rings (SSSR count). The zero-order valence-electron chi connectivity index (χ0n) is 17.6. The molecule has 1 aromatic carbocycles. The smallest absolute Gasteiger partial charge is 0.226 e. The number of aromatic nitrogens is 1. The van der Waals surface area contributed by atoms with E-state index in [1.54, 1.807) is 0 Å².